The zero-order valence-corrected chi connectivity index (χ0v) is 17.5. The molecule has 3 unspecified atom stereocenters. The van der Waals surface area contributed by atoms with Gasteiger partial charge < -0.3 is 46.5 Å². The lowest BCUT2D eigenvalue weighted by Gasteiger charge is -2.17. The van der Waals surface area contributed by atoms with Crippen LogP contribution in [0.15, 0.2) is 6.33 Å². The Bertz CT molecular complexity index is 953. The number of hydrogen-bond acceptors (Lipinski definition) is 11. The third kappa shape index (κ3) is 5.17. The maximum atomic E-state index is 11.5. The highest BCUT2D eigenvalue weighted by Gasteiger charge is 2.43. The number of aliphatic hydroxyl groups is 4. The van der Waals surface area contributed by atoms with Gasteiger partial charge in [0.15, 0.2) is 10.9 Å². The number of carbonyl (C=O) groups excluding carboxylic acids is 1. The molecule has 172 valence electrons. The normalized spacial score (nSPS) is 24.4. The Labute approximate surface area is 182 Å². The summed E-state index contributed by atoms with van der Waals surface area (Å²) in [6, 6.07) is -0.921. The fourth-order valence-electron chi connectivity index (χ4n) is 3.20. The Morgan fingerprint density at radius 3 is 2.74 bits per heavy atom. The Morgan fingerprint density at radius 2 is 2.06 bits per heavy atom. The molecule has 2 aromatic heterocycles. The Morgan fingerprint density at radius 1 is 1.32 bits per heavy atom. The number of imidazole rings is 1. The van der Waals surface area contributed by atoms with E-state index in [4.69, 9.17) is 27.8 Å². The van der Waals surface area contributed by atoms with E-state index in [9.17, 15) is 20.1 Å². The first-order valence-corrected chi connectivity index (χ1v) is 10.3. The van der Waals surface area contributed by atoms with Gasteiger partial charge in [0, 0.05) is 13.1 Å². The Hall–Kier alpha value is -2.20. The zero-order valence-electron chi connectivity index (χ0n) is 16.6. The molecule has 0 spiro atoms. The fourth-order valence-corrected chi connectivity index (χ4v) is 3.45. The standard InChI is InChI=1S/C17H27N7O6S/c18-8(5-25)14(29)19-3-1-2-4-20-17-22-13-10(15(31)23-17)21-7-24(13)16-12(28)11(27)9(6-26)30-16/h7-9,11-12,16,25-28H,1-6,18H2,(H,19,29)(H2,20,22,23,31)/t8?,9-,11?,12?,16-/m1/s1. The van der Waals surface area contributed by atoms with Crippen LogP contribution in [0, 0.1) is 4.64 Å². The van der Waals surface area contributed by atoms with E-state index in [0.29, 0.717) is 43.0 Å². The van der Waals surface area contributed by atoms with Gasteiger partial charge in [-0.05, 0) is 12.8 Å². The van der Waals surface area contributed by atoms with Crippen LogP contribution in [0.3, 0.4) is 0 Å². The van der Waals surface area contributed by atoms with E-state index < -0.39 is 49.7 Å². The van der Waals surface area contributed by atoms with Crippen LogP contribution in [0.2, 0.25) is 0 Å². The molecule has 2 aromatic rings. The third-order valence-electron chi connectivity index (χ3n) is 4.97. The predicted octanol–water partition coefficient (Wildman–Crippen LogP) is -2.27. The van der Waals surface area contributed by atoms with Crippen molar-refractivity contribution >= 4 is 35.2 Å². The van der Waals surface area contributed by atoms with Gasteiger partial charge in [0.25, 0.3) is 0 Å². The van der Waals surface area contributed by atoms with Gasteiger partial charge in [-0.15, -0.1) is 0 Å². The molecule has 9 N–H and O–H groups in total. The van der Waals surface area contributed by atoms with E-state index >= 15 is 0 Å². The smallest absolute Gasteiger partial charge is 0.239 e. The number of fused-ring (bicyclic) bond motifs is 1. The van der Waals surface area contributed by atoms with Crippen LogP contribution in [0.4, 0.5) is 5.95 Å². The minimum atomic E-state index is -1.25. The Kier molecular flexibility index (Phi) is 7.88. The molecule has 13 nitrogen and oxygen atoms in total. The van der Waals surface area contributed by atoms with Crippen molar-refractivity contribution in [2.75, 3.05) is 31.6 Å². The maximum Gasteiger partial charge on any atom is 0.239 e. The monoisotopic (exact) mass is 457 g/mol. The molecule has 1 saturated heterocycles. The van der Waals surface area contributed by atoms with Crippen LogP contribution in [0.5, 0.6) is 0 Å². The SMILES string of the molecule is NC(CO)C(=O)NCCCCNc1nc(=S)c2ncn([C@@H]3O[C@H](CO)C(O)C3O)c2[nH]1. The molecule has 0 bridgehead atoms. The lowest BCUT2D eigenvalue weighted by Crippen LogP contribution is -2.43. The molecule has 1 amide bonds. The molecule has 0 radical (unpaired) electrons. The lowest BCUT2D eigenvalue weighted by atomic mass is 10.1. The predicted molar refractivity (Wildman–Crippen MR) is 112 cm³/mol. The van der Waals surface area contributed by atoms with Gasteiger partial charge in [-0.2, -0.15) is 0 Å². The van der Waals surface area contributed by atoms with E-state index in [2.05, 4.69) is 25.6 Å². The molecule has 0 aromatic carbocycles. The van der Waals surface area contributed by atoms with Gasteiger partial charge >= 0.3 is 0 Å². The number of hydrogen-bond donors (Lipinski definition) is 8. The van der Waals surface area contributed by atoms with Crippen molar-refractivity contribution in [3.8, 4) is 0 Å². The second kappa shape index (κ2) is 10.4. The number of nitrogens with one attached hydrogen (secondary N) is 3. The van der Waals surface area contributed by atoms with Crippen LogP contribution in [-0.2, 0) is 9.53 Å². The largest absolute Gasteiger partial charge is 0.394 e. The summed E-state index contributed by atoms with van der Waals surface area (Å²) in [6.45, 7) is 0.125. The van der Waals surface area contributed by atoms with Crippen molar-refractivity contribution < 1.29 is 30.0 Å². The number of aliphatic hydroxyl groups excluding tert-OH is 4. The first kappa shape index (κ1) is 23.5. The molecule has 0 saturated carbocycles. The summed E-state index contributed by atoms with van der Waals surface area (Å²) in [7, 11) is 0. The number of H-pyrrole nitrogens is 1. The molecular formula is C17H27N7O6S. The number of carbonyl (C=O) groups is 1. The molecule has 5 atom stereocenters. The van der Waals surface area contributed by atoms with Crippen LogP contribution in [0.1, 0.15) is 19.1 Å². The van der Waals surface area contributed by atoms with E-state index in [-0.39, 0.29) is 4.64 Å². The summed E-state index contributed by atoms with van der Waals surface area (Å²) in [5.74, 6) is -0.0119. The lowest BCUT2D eigenvalue weighted by molar-refractivity contribution is -0.123. The molecule has 1 fully saturated rings. The van der Waals surface area contributed by atoms with Crippen molar-refractivity contribution in [3.63, 3.8) is 0 Å². The summed E-state index contributed by atoms with van der Waals surface area (Å²) < 4.78 is 7.30. The van der Waals surface area contributed by atoms with Gasteiger partial charge in [-0.1, -0.05) is 12.2 Å². The van der Waals surface area contributed by atoms with Crippen molar-refractivity contribution in [3.05, 3.63) is 11.0 Å². The van der Waals surface area contributed by atoms with Gasteiger partial charge in [0.05, 0.1) is 19.5 Å². The number of rotatable bonds is 10. The Balaban J connectivity index is 1.61. The highest BCUT2D eigenvalue weighted by Crippen LogP contribution is 2.31. The van der Waals surface area contributed by atoms with Crippen molar-refractivity contribution in [1.29, 1.82) is 0 Å². The fraction of sp³-hybridized carbons (Fsp3) is 0.647. The molecule has 0 aliphatic carbocycles. The van der Waals surface area contributed by atoms with Crippen LogP contribution in [0.25, 0.3) is 11.2 Å². The maximum absolute atomic E-state index is 11.5. The van der Waals surface area contributed by atoms with Crippen molar-refractivity contribution in [2.45, 2.75) is 43.4 Å². The number of amides is 1. The number of nitrogens with two attached hydrogens (primary N) is 1. The average Bonchev–Trinajstić information content (AvgIpc) is 3.31. The van der Waals surface area contributed by atoms with Crippen LogP contribution >= 0.6 is 12.2 Å². The van der Waals surface area contributed by atoms with Gasteiger partial charge in [-0.25, -0.2) is 9.97 Å². The first-order valence-electron chi connectivity index (χ1n) is 9.84. The molecule has 3 heterocycles. The van der Waals surface area contributed by atoms with E-state index in [1.807, 2.05) is 0 Å². The number of anilines is 1. The summed E-state index contributed by atoms with van der Waals surface area (Å²) in [5, 5.41) is 44.2. The van der Waals surface area contributed by atoms with E-state index in [1.165, 1.54) is 10.9 Å². The summed E-state index contributed by atoms with van der Waals surface area (Å²) >= 11 is 5.29. The molecule has 31 heavy (non-hydrogen) atoms. The number of ether oxygens (including phenoxy) is 1. The number of aromatic nitrogens is 4. The number of unbranched alkanes of at least 4 members (excludes halogenated alkanes) is 1. The first-order chi connectivity index (χ1) is 14.9. The topological polar surface area (TPSA) is 204 Å². The highest BCUT2D eigenvalue weighted by atomic mass is 32.1. The van der Waals surface area contributed by atoms with Crippen LogP contribution < -0.4 is 16.4 Å². The van der Waals surface area contributed by atoms with Crippen molar-refractivity contribution in [2.24, 2.45) is 5.73 Å². The summed E-state index contributed by atoms with van der Waals surface area (Å²) in [5.41, 5.74) is 6.27. The molecular weight excluding hydrogens is 430 g/mol. The highest BCUT2D eigenvalue weighted by molar-refractivity contribution is 7.71. The summed E-state index contributed by atoms with van der Waals surface area (Å²) in [6.07, 6.45) is -1.54. The molecule has 1 aliphatic rings. The minimum absolute atomic E-state index is 0.243. The third-order valence-corrected chi connectivity index (χ3v) is 5.25. The zero-order chi connectivity index (χ0) is 22.5. The number of aromatic amines is 1. The second-order valence-electron chi connectivity index (χ2n) is 7.18. The summed E-state index contributed by atoms with van der Waals surface area (Å²) in [4.78, 5) is 23.0. The van der Waals surface area contributed by atoms with Gasteiger partial charge in [-0.3, -0.25) is 9.36 Å². The van der Waals surface area contributed by atoms with Gasteiger partial charge in [0.2, 0.25) is 11.9 Å². The quantitative estimate of drug-likeness (QED) is 0.141. The number of nitrogens with zero attached hydrogens (tertiary/aromatic N) is 3. The second-order valence-corrected chi connectivity index (χ2v) is 7.57. The van der Waals surface area contributed by atoms with Crippen LogP contribution in [-0.4, -0.2) is 96.5 Å². The van der Waals surface area contributed by atoms with Gasteiger partial charge in [0.1, 0.15) is 35.5 Å². The van der Waals surface area contributed by atoms with E-state index in [1.54, 1.807) is 0 Å². The van der Waals surface area contributed by atoms with E-state index in [0.717, 1.165) is 0 Å². The molecule has 1 aliphatic heterocycles. The molecule has 14 heteroatoms. The molecule has 3 rings (SSSR count). The minimum Gasteiger partial charge on any atom is -0.394 e. The average molecular weight is 458 g/mol. The van der Waals surface area contributed by atoms with Crippen molar-refractivity contribution in [1.82, 2.24) is 24.8 Å².